The predicted octanol–water partition coefficient (Wildman–Crippen LogP) is 2.50. The van der Waals surface area contributed by atoms with Crippen LogP contribution in [-0.2, 0) is 4.79 Å². The number of hydrogen-bond acceptors (Lipinski definition) is 2. The van der Waals surface area contributed by atoms with Gasteiger partial charge in [0.2, 0.25) is 5.91 Å². The van der Waals surface area contributed by atoms with Gasteiger partial charge in [0.25, 0.3) is 0 Å². The van der Waals surface area contributed by atoms with Crippen molar-refractivity contribution in [3.05, 3.63) is 0 Å². The van der Waals surface area contributed by atoms with Gasteiger partial charge in [0.1, 0.15) is 6.54 Å². The number of aliphatic imine (C=N–C) groups is 1. The molecule has 0 bridgehead atoms. The third kappa shape index (κ3) is 6.71. The van der Waals surface area contributed by atoms with Gasteiger partial charge in [-0.2, -0.15) is 0 Å². The van der Waals surface area contributed by atoms with Crippen LogP contribution in [0.5, 0.6) is 0 Å². The first-order chi connectivity index (χ1) is 10.1. The Morgan fingerprint density at radius 1 is 0.955 bits per heavy atom. The summed E-state index contributed by atoms with van der Waals surface area (Å²) in [5.41, 5.74) is 0. The summed E-state index contributed by atoms with van der Waals surface area (Å²) in [4.78, 5) is 17.8. The molecule has 128 valence electrons. The number of carbonyl (C=O) groups is 1. The van der Waals surface area contributed by atoms with E-state index in [2.05, 4.69) is 15.6 Å². The van der Waals surface area contributed by atoms with Crippen molar-refractivity contribution in [2.45, 2.75) is 69.9 Å². The number of nitrogens with one attached hydrogen (secondary N) is 2. The molecule has 0 aliphatic heterocycles. The predicted molar refractivity (Wildman–Crippen MR) is 102 cm³/mol. The van der Waals surface area contributed by atoms with E-state index in [9.17, 15) is 4.79 Å². The van der Waals surface area contributed by atoms with Crippen molar-refractivity contribution in [1.29, 1.82) is 0 Å². The zero-order valence-electron chi connectivity index (χ0n) is 13.9. The number of rotatable bonds is 4. The Hall–Kier alpha value is -0.530. The fraction of sp³-hybridized carbons (Fsp3) is 0.875. The highest BCUT2D eigenvalue weighted by Crippen LogP contribution is 2.19. The molecule has 6 heteroatoms. The van der Waals surface area contributed by atoms with Crippen molar-refractivity contribution in [3.63, 3.8) is 0 Å². The van der Waals surface area contributed by atoms with Gasteiger partial charge in [0.15, 0.2) is 5.96 Å². The van der Waals surface area contributed by atoms with Gasteiger partial charge < -0.3 is 15.5 Å². The molecular weight excluding hydrogens is 391 g/mol. The molecule has 2 saturated carbocycles. The SMILES string of the molecule is CN(C)C(=O)CN=C(NC1CCCCC1)NC1CCCC1.I. The minimum absolute atomic E-state index is 0. The van der Waals surface area contributed by atoms with E-state index in [0.29, 0.717) is 12.1 Å². The Morgan fingerprint density at radius 3 is 1.86 bits per heavy atom. The van der Waals surface area contributed by atoms with E-state index in [1.807, 2.05) is 0 Å². The van der Waals surface area contributed by atoms with E-state index in [-0.39, 0.29) is 36.4 Å². The molecule has 0 spiro atoms. The van der Waals surface area contributed by atoms with Crippen molar-refractivity contribution < 1.29 is 4.79 Å². The second-order valence-corrected chi connectivity index (χ2v) is 6.56. The largest absolute Gasteiger partial charge is 0.354 e. The smallest absolute Gasteiger partial charge is 0.243 e. The highest BCUT2D eigenvalue weighted by atomic mass is 127. The lowest BCUT2D eigenvalue weighted by atomic mass is 9.96. The summed E-state index contributed by atoms with van der Waals surface area (Å²) < 4.78 is 0. The molecule has 0 aromatic rings. The first-order valence-electron chi connectivity index (χ1n) is 8.43. The first kappa shape index (κ1) is 19.5. The number of hydrogen-bond donors (Lipinski definition) is 2. The molecule has 0 aromatic heterocycles. The number of amides is 1. The Morgan fingerprint density at radius 2 is 1.41 bits per heavy atom. The maximum Gasteiger partial charge on any atom is 0.243 e. The maximum absolute atomic E-state index is 11.7. The van der Waals surface area contributed by atoms with Crippen molar-refractivity contribution >= 4 is 35.8 Å². The van der Waals surface area contributed by atoms with Crippen molar-refractivity contribution in [1.82, 2.24) is 15.5 Å². The number of likely N-dealkylation sites (N-methyl/N-ethyl adjacent to an activating group) is 1. The molecule has 22 heavy (non-hydrogen) atoms. The third-order valence-electron chi connectivity index (χ3n) is 4.51. The molecule has 5 nitrogen and oxygen atoms in total. The Labute approximate surface area is 151 Å². The van der Waals surface area contributed by atoms with Crippen LogP contribution in [0.3, 0.4) is 0 Å². The number of guanidine groups is 1. The summed E-state index contributed by atoms with van der Waals surface area (Å²) in [6.45, 7) is 0.224. The van der Waals surface area contributed by atoms with E-state index in [1.54, 1.807) is 19.0 Å². The van der Waals surface area contributed by atoms with Crippen LogP contribution in [0.2, 0.25) is 0 Å². The third-order valence-corrected chi connectivity index (χ3v) is 4.51. The lowest BCUT2D eigenvalue weighted by Crippen LogP contribution is -2.47. The van der Waals surface area contributed by atoms with E-state index in [1.165, 1.54) is 57.8 Å². The lowest BCUT2D eigenvalue weighted by Gasteiger charge is -2.26. The van der Waals surface area contributed by atoms with Gasteiger partial charge in [-0.1, -0.05) is 32.1 Å². The molecule has 2 aliphatic carbocycles. The van der Waals surface area contributed by atoms with Gasteiger partial charge in [-0.3, -0.25) is 4.79 Å². The van der Waals surface area contributed by atoms with Crippen LogP contribution in [-0.4, -0.2) is 49.5 Å². The van der Waals surface area contributed by atoms with Crippen molar-refractivity contribution in [2.75, 3.05) is 20.6 Å². The van der Waals surface area contributed by atoms with Crippen molar-refractivity contribution in [2.24, 2.45) is 4.99 Å². The van der Waals surface area contributed by atoms with Gasteiger partial charge >= 0.3 is 0 Å². The average molecular weight is 422 g/mol. The summed E-state index contributed by atoms with van der Waals surface area (Å²) in [7, 11) is 3.55. The van der Waals surface area contributed by atoms with Crippen LogP contribution < -0.4 is 10.6 Å². The molecule has 0 unspecified atom stereocenters. The zero-order valence-corrected chi connectivity index (χ0v) is 16.3. The Bertz CT molecular complexity index is 361. The quantitative estimate of drug-likeness (QED) is 0.416. The maximum atomic E-state index is 11.7. The summed E-state index contributed by atoms with van der Waals surface area (Å²) in [5, 5.41) is 7.07. The van der Waals surface area contributed by atoms with Crippen molar-refractivity contribution in [3.8, 4) is 0 Å². The van der Waals surface area contributed by atoms with Gasteiger partial charge in [0, 0.05) is 26.2 Å². The van der Waals surface area contributed by atoms with E-state index in [4.69, 9.17) is 0 Å². The highest BCUT2D eigenvalue weighted by molar-refractivity contribution is 14.0. The van der Waals surface area contributed by atoms with Gasteiger partial charge in [0.05, 0.1) is 0 Å². The van der Waals surface area contributed by atoms with Crippen LogP contribution in [0, 0.1) is 0 Å². The molecule has 2 aliphatic rings. The van der Waals surface area contributed by atoms with Gasteiger partial charge in [-0.05, 0) is 25.7 Å². The molecule has 2 fully saturated rings. The molecule has 1 amide bonds. The number of carbonyl (C=O) groups excluding carboxylic acids is 1. The Kier molecular flexibility index (Phi) is 9.12. The number of halogens is 1. The van der Waals surface area contributed by atoms with Gasteiger partial charge in [-0.15, -0.1) is 24.0 Å². The second kappa shape index (κ2) is 10.3. The second-order valence-electron chi connectivity index (χ2n) is 6.56. The molecule has 0 saturated heterocycles. The summed E-state index contributed by atoms with van der Waals surface area (Å²) in [5.74, 6) is 0.884. The first-order valence-corrected chi connectivity index (χ1v) is 8.43. The molecule has 0 atom stereocenters. The van der Waals surface area contributed by atoms with Gasteiger partial charge in [-0.25, -0.2) is 4.99 Å². The van der Waals surface area contributed by atoms with E-state index >= 15 is 0 Å². The fourth-order valence-corrected chi connectivity index (χ4v) is 3.12. The minimum Gasteiger partial charge on any atom is -0.354 e. The van der Waals surface area contributed by atoms with Crippen LogP contribution >= 0.6 is 24.0 Å². The lowest BCUT2D eigenvalue weighted by molar-refractivity contribution is -0.127. The topological polar surface area (TPSA) is 56.7 Å². The molecule has 0 radical (unpaired) electrons. The average Bonchev–Trinajstić information content (AvgIpc) is 2.98. The summed E-state index contributed by atoms with van der Waals surface area (Å²) in [6.07, 6.45) is 11.4. The van der Waals surface area contributed by atoms with Crippen LogP contribution in [0.1, 0.15) is 57.8 Å². The normalized spacial score (nSPS) is 20.4. The molecule has 2 N–H and O–H groups in total. The van der Waals surface area contributed by atoms with E-state index < -0.39 is 0 Å². The summed E-state index contributed by atoms with van der Waals surface area (Å²) in [6, 6.07) is 1.04. The fourth-order valence-electron chi connectivity index (χ4n) is 3.12. The molecule has 2 rings (SSSR count). The zero-order chi connectivity index (χ0) is 15.1. The number of nitrogens with zero attached hydrogens (tertiary/aromatic N) is 2. The van der Waals surface area contributed by atoms with Crippen LogP contribution in [0.25, 0.3) is 0 Å². The van der Waals surface area contributed by atoms with E-state index in [0.717, 1.165) is 5.96 Å². The molecular formula is C16H31IN4O. The molecule has 0 aromatic carbocycles. The standard InChI is InChI=1S/C16H30N4O.HI/c1-20(2)15(21)12-17-16(19-14-10-6-7-11-14)18-13-8-4-3-5-9-13;/h13-14H,3-12H2,1-2H3,(H2,17,18,19);1H. The monoisotopic (exact) mass is 422 g/mol. The molecule has 0 heterocycles. The summed E-state index contributed by atoms with van der Waals surface area (Å²) >= 11 is 0. The highest BCUT2D eigenvalue weighted by Gasteiger charge is 2.19. The van der Waals surface area contributed by atoms with Crippen LogP contribution in [0.15, 0.2) is 4.99 Å². The minimum atomic E-state index is 0. The van der Waals surface area contributed by atoms with Crippen LogP contribution in [0.4, 0.5) is 0 Å². The Balaban J connectivity index is 0.00000242.